The fraction of sp³-hybridized carbons (Fsp3) is 1.00. The normalized spacial score (nSPS) is 19.5. The Balaban J connectivity index is 2.29. The predicted octanol–water partition coefficient (Wildman–Crippen LogP) is 2.03. The molecule has 20 heavy (non-hydrogen) atoms. The lowest BCUT2D eigenvalue weighted by Gasteiger charge is -2.40. The summed E-state index contributed by atoms with van der Waals surface area (Å²) in [5.41, 5.74) is 3.75. The van der Waals surface area contributed by atoms with Crippen molar-refractivity contribution in [3.8, 4) is 0 Å². The number of hydrogen-bond acceptors (Lipinski definition) is 4. The summed E-state index contributed by atoms with van der Waals surface area (Å²) in [6.07, 6.45) is 0. The van der Waals surface area contributed by atoms with Crippen LogP contribution in [-0.4, -0.2) is 71.7 Å². The molecule has 1 aliphatic heterocycles. The number of piperazine rings is 1. The standard InChI is InChI=1S/C16H36N4/c1-14(2)20(15(3)4)13-10-18-8-11-19(12-9-18)17-16(5,6)7/h14-15,17H,8-13H2,1-7H3. The lowest BCUT2D eigenvalue weighted by atomic mass is 10.1. The Hall–Kier alpha value is -0.160. The molecule has 0 amide bonds. The summed E-state index contributed by atoms with van der Waals surface area (Å²) >= 11 is 0. The monoisotopic (exact) mass is 284 g/mol. The van der Waals surface area contributed by atoms with Gasteiger partial charge in [-0.3, -0.25) is 9.80 Å². The number of hydrogen-bond donors (Lipinski definition) is 1. The van der Waals surface area contributed by atoms with Gasteiger partial charge in [-0.15, -0.1) is 0 Å². The van der Waals surface area contributed by atoms with Crippen LogP contribution >= 0.6 is 0 Å². The van der Waals surface area contributed by atoms with Gasteiger partial charge in [0.05, 0.1) is 0 Å². The largest absolute Gasteiger partial charge is 0.299 e. The molecule has 0 aliphatic carbocycles. The molecule has 0 atom stereocenters. The molecule has 1 aliphatic rings. The summed E-state index contributed by atoms with van der Waals surface area (Å²) in [5.74, 6) is 0. The van der Waals surface area contributed by atoms with E-state index >= 15 is 0 Å². The van der Waals surface area contributed by atoms with Gasteiger partial charge < -0.3 is 0 Å². The summed E-state index contributed by atoms with van der Waals surface area (Å²) in [6.45, 7) is 22.8. The minimum absolute atomic E-state index is 0.175. The zero-order chi connectivity index (χ0) is 15.3. The maximum absolute atomic E-state index is 3.58. The second-order valence-electron chi connectivity index (χ2n) is 7.62. The van der Waals surface area contributed by atoms with E-state index in [1.807, 2.05) is 0 Å². The van der Waals surface area contributed by atoms with E-state index in [1.165, 1.54) is 26.2 Å². The van der Waals surface area contributed by atoms with E-state index in [0.717, 1.165) is 13.1 Å². The molecule has 1 fully saturated rings. The maximum Gasteiger partial charge on any atom is 0.0259 e. The van der Waals surface area contributed by atoms with E-state index in [4.69, 9.17) is 0 Å². The molecule has 1 heterocycles. The van der Waals surface area contributed by atoms with Crippen LogP contribution in [-0.2, 0) is 0 Å². The molecule has 0 saturated carbocycles. The van der Waals surface area contributed by atoms with Crippen LogP contribution in [0.3, 0.4) is 0 Å². The first-order valence-electron chi connectivity index (χ1n) is 8.20. The highest BCUT2D eigenvalue weighted by Crippen LogP contribution is 2.08. The summed E-state index contributed by atoms with van der Waals surface area (Å²) in [6, 6.07) is 1.28. The van der Waals surface area contributed by atoms with Crippen molar-refractivity contribution in [3.63, 3.8) is 0 Å². The molecule has 0 spiro atoms. The van der Waals surface area contributed by atoms with Gasteiger partial charge in [0.1, 0.15) is 0 Å². The molecule has 0 aromatic carbocycles. The van der Waals surface area contributed by atoms with Crippen molar-refractivity contribution in [2.45, 2.75) is 66.1 Å². The molecule has 0 aromatic rings. The summed E-state index contributed by atoms with van der Waals surface area (Å²) in [7, 11) is 0. The molecule has 1 N–H and O–H groups in total. The van der Waals surface area contributed by atoms with Gasteiger partial charge in [0.2, 0.25) is 0 Å². The third-order valence-corrected chi connectivity index (χ3v) is 3.87. The third kappa shape index (κ3) is 6.53. The zero-order valence-corrected chi connectivity index (χ0v) is 14.7. The molecular weight excluding hydrogens is 248 g/mol. The van der Waals surface area contributed by atoms with Gasteiger partial charge in [-0.25, -0.2) is 10.4 Å². The highest BCUT2D eigenvalue weighted by atomic mass is 15.5. The number of nitrogens with one attached hydrogen (secondary N) is 1. The molecule has 0 aromatic heterocycles. The minimum atomic E-state index is 0.175. The maximum atomic E-state index is 3.58. The Labute approximate surface area is 126 Å². The molecule has 0 unspecified atom stereocenters. The predicted molar refractivity (Wildman–Crippen MR) is 87.9 cm³/mol. The van der Waals surface area contributed by atoms with Crippen molar-refractivity contribution in [3.05, 3.63) is 0 Å². The van der Waals surface area contributed by atoms with E-state index in [-0.39, 0.29) is 5.54 Å². The number of rotatable bonds is 6. The van der Waals surface area contributed by atoms with Crippen LogP contribution in [0.25, 0.3) is 0 Å². The van der Waals surface area contributed by atoms with Gasteiger partial charge in [0.15, 0.2) is 0 Å². The molecule has 1 saturated heterocycles. The Morgan fingerprint density at radius 3 is 1.85 bits per heavy atom. The molecule has 0 radical (unpaired) electrons. The second kappa shape index (κ2) is 7.74. The van der Waals surface area contributed by atoms with Gasteiger partial charge in [-0.05, 0) is 48.5 Å². The Bertz CT molecular complexity index is 254. The Kier molecular flexibility index (Phi) is 6.92. The van der Waals surface area contributed by atoms with Crippen LogP contribution < -0.4 is 5.43 Å². The van der Waals surface area contributed by atoms with Crippen molar-refractivity contribution in [2.24, 2.45) is 0 Å². The molecule has 0 bridgehead atoms. The highest BCUT2D eigenvalue weighted by Gasteiger charge is 2.21. The van der Waals surface area contributed by atoms with E-state index in [1.54, 1.807) is 0 Å². The first-order chi connectivity index (χ1) is 9.19. The molecule has 4 heteroatoms. The quantitative estimate of drug-likeness (QED) is 0.805. The molecular formula is C16H36N4. The zero-order valence-electron chi connectivity index (χ0n) is 14.7. The lowest BCUT2D eigenvalue weighted by Crippen LogP contribution is -2.57. The SMILES string of the molecule is CC(C)N(CCN1CCN(NC(C)(C)C)CC1)C(C)C. The van der Waals surface area contributed by atoms with E-state index in [2.05, 4.69) is 68.7 Å². The van der Waals surface area contributed by atoms with Crippen molar-refractivity contribution in [1.29, 1.82) is 0 Å². The van der Waals surface area contributed by atoms with Gasteiger partial charge in [0, 0.05) is 56.9 Å². The molecule has 4 nitrogen and oxygen atoms in total. The van der Waals surface area contributed by atoms with Crippen molar-refractivity contribution >= 4 is 0 Å². The van der Waals surface area contributed by atoms with Gasteiger partial charge in [-0.2, -0.15) is 0 Å². The number of hydrazine groups is 1. The average Bonchev–Trinajstić information content (AvgIpc) is 2.28. The van der Waals surface area contributed by atoms with Gasteiger partial charge >= 0.3 is 0 Å². The summed E-state index contributed by atoms with van der Waals surface area (Å²) in [5, 5.41) is 2.37. The summed E-state index contributed by atoms with van der Waals surface area (Å²) in [4.78, 5) is 5.18. The van der Waals surface area contributed by atoms with E-state index in [9.17, 15) is 0 Å². The first kappa shape index (κ1) is 17.9. The first-order valence-corrected chi connectivity index (χ1v) is 8.20. The molecule has 120 valence electrons. The highest BCUT2D eigenvalue weighted by molar-refractivity contribution is 4.76. The Morgan fingerprint density at radius 2 is 1.45 bits per heavy atom. The number of nitrogens with zero attached hydrogens (tertiary/aromatic N) is 3. The fourth-order valence-electron chi connectivity index (χ4n) is 2.93. The van der Waals surface area contributed by atoms with Gasteiger partial charge in [0.25, 0.3) is 0 Å². The van der Waals surface area contributed by atoms with Crippen LogP contribution in [0.5, 0.6) is 0 Å². The smallest absolute Gasteiger partial charge is 0.0259 e. The Morgan fingerprint density at radius 1 is 0.950 bits per heavy atom. The van der Waals surface area contributed by atoms with Crippen LogP contribution in [0.15, 0.2) is 0 Å². The van der Waals surface area contributed by atoms with Crippen LogP contribution in [0.4, 0.5) is 0 Å². The second-order valence-corrected chi connectivity index (χ2v) is 7.62. The van der Waals surface area contributed by atoms with Crippen LogP contribution in [0.2, 0.25) is 0 Å². The van der Waals surface area contributed by atoms with Crippen molar-refractivity contribution < 1.29 is 0 Å². The minimum Gasteiger partial charge on any atom is -0.299 e. The average molecular weight is 284 g/mol. The van der Waals surface area contributed by atoms with Crippen LogP contribution in [0.1, 0.15) is 48.5 Å². The van der Waals surface area contributed by atoms with Crippen molar-refractivity contribution in [2.75, 3.05) is 39.3 Å². The van der Waals surface area contributed by atoms with E-state index < -0.39 is 0 Å². The van der Waals surface area contributed by atoms with Crippen LogP contribution in [0, 0.1) is 0 Å². The van der Waals surface area contributed by atoms with Gasteiger partial charge in [-0.1, -0.05) is 0 Å². The van der Waals surface area contributed by atoms with E-state index in [0.29, 0.717) is 12.1 Å². The van der Waals surface area contributed by atoms with Crippen molar-refractivity contribution in [1.82, 2.24) is 20.2 Å². The molecule has 1 rings (SSSR count). The fourth-order valence-corrected chi connectivity index (χ4v) is 2.93. The third-order valence-electron chi connectivity index (χ3n) is 3.87. The topological polar surface area (TPSA) is 21.8 Å². The lowest BCUT2D eigenvalue weighted by molar-refractivity contribution is 0.0498. The summed E-state index contributed by atoms with van der Waals surface area (Å²) < 4.78 is 0.